The van der Waals surface area contributed by atoms with Gasteiger partial charge >= 0.3 is 11.7 Å². The molecule has 0 aliphatic heterocycles. The number of nitrogens with zero attached hydrogens (tertiary/aromatic N) is 1. The number of benzene rings is 2. The van der Waals surface area contributed by atoms with Crippen LogP contribution in [0.15, 0.2) is 53.9 Å². The van der Waals surface area contributed by atoms with Gasteiger partial charge in [0.25, 0.3) is 5.91 Å². The van der Waals surface area contributed by atoms with Crippen molar-refractivity contribution in [2.75, 3.05) is 14.2 Å². The summed E-state index contributed by atoms with van der Waals surface area (Å²) in [5.74, 6) is -0.577. The first-order chi connectivity index (χ1) is 15.8. The van der Waals surface area contributed by atoms with E-state index in [1.807, 2.05) is 17.5 Å². The van der Waals surface area contributed by atoms with Crippen molar-refractivity contribution in [2.24, 2.45) is 0 Å². The molecular formula is C22H19ClN2O7S. The van der Waals surface area contributed by atoms with E-state index in [1.54, 1.807) is 0 Å². The number of carbonyl (C=O) groups is 2. The third kappa shape index (κ3) is 5.99. The van der Waals surface area contributed by atoms with Gasteiger partial charge in [-0.15, -0.1) is 11.3 Å². The van der Waals surface area contributed by atoms with Crippen LogP contribution in [0.3, 0.4) is 0 Å². The summed E-state index contributed by atoms with van der Waals surface area (Å²) in [6, 6.07) is 11.5. The number of hydrogen-bond donors (Lipinski definition) is 1. The van der Waals surface area contributed by atoms with E-state index in [1.165, 1.54) is 62.0 Å². The molecule has 0 saturated heterocycles. The van der Waals surface area contributed by atoms with Gasteiger partial charge in [0.05, 0.1) is 31.6 Å². The zero-order valence-corrected chi connectivity index (χ0v) is 19.1. The van der Waals surface area contributed by atoms with Crippen molar-refractivity contribution in [3.05, 3.63) is 79.5 Å². The molecule has 0 aliphatic rings. The summed E-state index contributed by atoms with van der Waals surface area (Å²) in [7, 11) is 2.66. The van der Waals surface area contributed by atoms with Gasteiger partial charge in [0.1, 0.15) is 0 Å². The Balaban J connectivity index is 1.83. The van der Waals surface area contributed by atoms with Crippen LogP contribution in [0, 0.1) is 10.1 Å². The van der Waals surface area contributed by atoms with Crippen molar-refractivity contribution >= 4 is 40.5 Å². The Labute approximate surface area is 198 Å². The Morgan fingerprint density at radius 1 is 1.12 bits per heavy atom. The lowest BCUT2D eigenvalue weighted by Gasteiger charge is -2.17. The minimum Gasteiger partial charge on any atom is -0.493 e. The molecule has 0 spiro atoms. The van der Waals surface area contributed by atoms with Crippen molar-refractivity contribution in [1.82, 2.24) is 5.32 Å². The SMILES string of the molecule is COC(=O)CC(NC(=O)c1ccc(Oc2ccc(Cl)cc2[N+](=O)[O-])c(OC)c1)c1cccs1. The molecule has 1 amide bonds. The van der Waals surface area contributed by atoms with E-state index in [0.717, 1.165) is 4.88 Å². The smallest absolute Gasteiger partial charge is 0.313 e. The van der Waals surface area contributed by atoms with Crippen molar-refractivity contribution in [1.29, 1.82) is 0 Å². The van der Waals surface area contributed by atoms with Crippen molar-refractivity contribution in [3.63, 3.8) is 0 Å². The summed E-state index contributed by atoms with van der Waals surface area (Å²) in [6.45, 7) is 0. The fraction of sp³-hybridized carbons (Fsp3) is 0.182. The second-order valence-electron chi connectivity index (χ2n) is 6.66. The number of nitro benzene ring substituents is 1. The average molecular weight is 491 g/mol. The monoisotopic (exact) mass is 490 g/mol. The number of hydrogen-bond acceptors (Lipinski definition) is 8. The van der Waals surface area contributed by atoms with Gasteiger partial charge in [-0.25, -0.2) is 0 Å². The van der Waals surface area contributed by atoms with E-state index in [9.17, 15) is 19.7 Å². The Morgan fingerprint density at radius 3 is 2.52 bits per heavy atom. The number of ether oxygens (including phenoxy) is 3. The number of nitrogens with one attached hydrogen (secondary N) is 1. The lowest BCUT2D eigenvalue weighted by molar-refractivity contribution is -0.385. The van der Waals surface area contributed by atoms with Crippen LogP contribution < -0.4 is 14.8 Å². The summed E-state index contributed by atoms with van der Waals surface area (Å²) >= 11 is 7.24. The van der Waals surface area contributed by atoms with E-state index in [0.29, 0.717) is 0 Å². The molecule has 0 saturated carbocycles. The molecule has 0 aliphatic carbocycles. The highest BCUT2D eigenvalue weighted by atomic mass is 35.5. The minimum atomic E-state index is -0.610. The molecule has 0 radical (unpaired) electrons. The van der Waals surface area contributed by atoms with Gasteiger partial charge in [0, 0.05) is 21.5 Å². The Bertz CT molecular complexity index is 1170. The van der Waals surface area contributed by atoms with Crippen LogP contribution in [-0.4, -0.2) is 31.0 Å². The molecule has 1 heterocycles. The fourth-order valence-corrected chi connectivity index (χ4v) is 3.88. The molecule has 1 unspecified atom stereocenters. The lowest BCUT2D eigenvalue weighted by atomic mass is 10.1. The topological polar surface area (TPSA) is 117 Å². The second-order valence-corrected chi connectivity index (χ2v) is 8.07. The molecular weight excluding hydrogens is 472 g/mol. The first-order valence-electron chi connectivity index (χ1n) is 9.53. The number of carbonyl (C=O) groups excluding carboxylic acids is 2. The van der Waals surface area contributed by atoms with E-state index in [-0.39, 0.29) is 39.9 Å². The second kappa shape index (κ2) is 10.8. The van der Waals surface area contributed by atoms with E-state index in [4.69, 9.17) is 25.8 Å². The maximum Gasteiger partial charge on any atom is 0.313 e. The predicted molar refractivity (Wildman–Crippen MR) is 122 cm³/mol. The van der Waals surface area contributed by atoms with Gasteiger partial charge in [-0.1, -0.05) is 17.7 Å². The Morgan fingerprint density at radius 2 is 1.88 bits per heavy atom. The highest BCUT2D eigenvalue weighted by Gasteiger charge is 2.22. The van der Waals surface area contributed by atoms with Gasteiger partial charge in [-0.2, -0.15) is 0 Å². The predicted octanol–water partition coefficient (Wildman–Crippen LogP) is 5.14. The number of rotatable bonds is 9. The number of esters is 1. The molecule has 9 nitrogen and oxygen atoms in total. The maximum absolute atomic E-state index is 12.9. The molecule has 1 atom stereocenters. The molecule has 3 aromatic rings. The average Bonchev–Trinajstić information content (AvgIpc) is 3.34. The summed E-state index contributed by atoms with van der Waals surface area (Å²) in [5, 5.41) is 16.2. The fourth-order valence-electron chi connectivity index (χ4n) is 2.93. The standard InChI is InChI=1S/C22H19ClN2O7S/c1-30-19-10-13(22(27)24-15(12-21(26)31-2)20-4-3-9-33-20)5-7-18(19)32-17-8-6-14(23)11-16(17)25(28)29/h3-11,15H,12H2,1-2H3,(H,24,27). The van der Waals surface area contributed by atoms with Crippen LogP contribution in [0.4, 0.5) is 5.69 Å². The summed E-state index contributed by atoms with van der Waals surface area (Å²) in [6.07, 6.45) is -0.0265. The molecule has 0 bridgehead atoms. The zero-order valence-electron chi connectivity index (χ0n) is 17.6. The number of nitro groups is 1. The van der Waals surface area contributed by atoms with Crippen LogP contribution >= 0.6 is 22.9 Å². The van der Waals surface area contributed by atoms with Gasteiger partial charge in [0.2, 0.25) is 5.75 Å². The van der Waals surface area contributed by atoms with Crippen LogP contribution in [0.5, 0.6) is 17.2 Å². The summed E-state index contributed by atoms with van der Waals surface area (Å²) < 4.78 is 15.7. The van der Waals surface area contributed by atoms with Crippen molar-refractivity contribution in [2.45, 2.75) is 12.5 Å². The third-order valence-electron chi connectivity index (χ3n) is 4.55. The van der Waals surface area contributed by atoms with Crippen LogP contribution in [0.2, 0.25) is 5.02 Å². The molecule has 2 aromatic carbocycles. The first-order valence-corrected chi connectivity index (χ1v) is 10.8. The molecule has 0 fully saturated rings. The largest absolute Gasteiger partial charge is 0.493 e. The highest BCUT2D eigenvalue weighted by molar-refractivity contribution is 7.10. The number of methoxy groups -OCH3 is 2. The minimum absolute atomic E-state index is 0.0265. The van der Waals surface area contributed by atoms with Gasteiger partial charge in [-0.05, 0) is 41.8 Å². The number of halogens is 1. The highest BCUT2D eigenvalue weighted by Crippen LogP contribution is 2.38. The number of amides is 1. The molecule has 172 valence electrons. The molecule has 1 aromatic heterocycles. The van der Waals surface area contributed by atoms with Crippen molar-refractivity contribution < 1.29 is 28.7 Å². The maximum atomic E-state index is 12.9. The van der Waals surface area contributed by atoms with E-state index < -0.39 is 22.8 Å². The quantitative estimate of drug-likeness (QED) is 0.250. The third-order valence-corrected chi connectivity index (χ3v) is 5.77. The van der Waals surface area contributed by atoms with Crippen LogP contribution in [0.1, 0.15) is 27.7 Å². The van der Waals surface area contributed by atoms with Gasteiger partial charge in [-0.3, -0.25) is 19.7 Å². The number of thiophene rings is 1. The first kappa shape index (κ1) is 24.0. The zero-order chi connectivity index (χ0) is 24.0. The van der Waals surface area contributed by atoms with Crippen molar-refractivity contribution in [3.8, 4) is 17.2 Å². The molecule has 11 heteroatoms. The van der Waals surface area contributed by atoms with Crippen LogP contribution in [0.25, 0.3) is 0 Å². The van der Waals surface area contributed by atoms with Gasteiger partial charge in [0.15, 0.2) is 11.5 Å². The molecule has 33 heavy (non-hydrogen) atoms. The Kier molecular flexibility index (Phi) is 7.86. The van der Waals surface area contributed by atoms with E-state index in [2.05, 4.69) is 5.32 Å². The lowest BCUT2D eigenvalue weighted by Crippen LogP contribution is -2.30. The molecule has 3 rings (SSSR count). The summed E-state index contributed by atoms with van der Waals surface area (Å²) in [5.41, 5.74) is -0.0656. The Hall–Kier alpha value is -3.63. The van der Waals surface area contributed by atoms with Gasteiger partial charge < -0.3 is 19.5 Å². The van der Waals surface area contributed by atoms with E-state index >= 15 is 0 Å². The van der Waals surface area contributed by atoms with Crippen LogP contribution in [-0.2, 0) is 9.53 Å². The summed E-state index contributed by atoms with van der Waals surface area (Å²) in [4.78, 5) is 36.2. The molecule has 1 N–H and O–H groups in total. The normalized spacial score (nSPS) is 11.4.